The average Bonchev–Trinajstić information content (AvgIpc) is 2.93. The van der Waals surface area contributed by atoms with Crippen molar-refractivity contribution in [3.63, 3.8) is 0 Å². The summed E-state index contributed by atoms with van der Waals surface area (Å²) in [6.07, 6.45) is -2.16. The van der Waals surface area contributed by atoms with Gasteiger partial charge in [-0.1, -0.05) is 17.7 Å². The minimum atomic E-state index is -1.25. The standard InChI is InChI=1S/C16H18ClN3O4/c1-9-12(6-18-20(9)11-4-2-3-10(17)5-11)16(24)19-7-13(21)15(23)14(22)8-19/h2-6,13-15,21-23H,7-8H2,1H3/t13-,14+,15?. The summed E-state index contributed by atoms with van der Waals surface area (Å²) in [5, 5.41) is 33.9. The highest BCUT2D eigenvalue weighted by molar-refractivity contribution is 6.30. The first-order valence-corrected chi connectivity index (χ1v) is 7.90. The van der Waals surface area contributed by atoms with Crippen LogP contribution in [0.25, 0.3) is 5.69 Å². The lowest BCUT2D eigenvalue weighted by Crippen LogP contribution is -2.56. The van der Waals surface area contributed by atoms with Gasteiger partial charge in [0.1, 0.15) is 18.3 Å². The van der Waals surface area contributed by atoms with E-state index in [-0.39, 0.29) is 19.0 Å². The van der Waals surface area contributed by atoms with Crippen molar-refractivity contribution in [3.8, 4) is 5.69 Å². The summed E-state index contributed by atoms with van der Waals surface area (Å²) in [6.45, 7) is 1.67. The summed E-state index contributed by atoms with van der Waals surface area (Å²) in [7, 11) is 0. The number of benzene rings is 1. The average molecular weight is 352 g/mol. The van der Waals surface area contributed by atoms with E-state index in [0.29, 0.717) is 16.3 Å². The largest absolute Gasteiger partial charge is 0.388 e. The first-order chi connectivity index (χ1) is 11.4. The molecule has 128 valence electrons. The van der Waals surface area contributed by atoms with Crippen molar-refractivity contribution in [2.24, 2.45) is 0 Å². The molecule has 1 aromatic carbocycles. The number of carbonyl (C=O) groups excluding carboxylic acids is 1. The highest BCUT2D eigenvalue weighted by atomic mass is 35.5. The van der Waals surface area contributed by atoms with Crippen LogP contribution in [0, 0.1) is 6.92 Å². The SMILES string of the molecule is Cc1c(C(=O)N2C[C@@H](O)C(O)[C@@H](O)C2)cnn1-c1cccc(Cl)c1. The Bertz CT molecular complexity index is 752. The summed E-state index contributed by atoms with van der Waals surface area (Å²) < 4.78 is 1.60. The summed E-state index contributed by atoms with van der Waals surface area (Å²) in [6, 6.07) is 7.10. The lowest BCUT2D eigenvalue weighted by molar-refractivity contribution is -0.101. The van der Waals surface area contributed by atoms with Crippen LogP contribution in [0.15, 0.2) is 30.5 Å². The van der Waals surface area contributed by atoms with Gasteiger partial charge >= 0.3 is 0 Å². The van der Waals surface area contributed by atoms with Crippen molar-refractivity contribution in [1.29, 1.82) is 0 Å². The summed E-state index contributed by atoms with van der Waals surface area (Å²) in [4.78, 5) is 14.0. The molecule has 1 fully saturated rings. The quantitative estimate of drug-likeness (QED) is 0.726. The Morgan fingerprint density at radius 2 is 1.92 bits per heavy atom. The maximum atomic E-state index is 12.7. The normalized spacial score (nSPS) is 24.2. The van der Waals surface area contributed by atoms with Crippen LogP contribution < -0.4 is 0 Å². The van der Waals surface area contributed by atoms with Gasteiger partial charge in [-0.25, -0.2) is 4.68 Å². The molecule has 3 atom stereocenters. The van der Waals surface area contributed by atoms with Gasteiger partial charge in [0, 0.05) is 18.1 Å². The molecule has 1 aromatic heterocycles. The van der Waals surface area contributed by atoms with Crippen LogP contribution in [0.5, 0.6) is 0 Å². The van der Waals surface area contributed by atoms with Crippen LogP contribution >= 0.6 is 11.6 Å². The van der Waals surface area contributed by atoms with Gasteiger partial charge in [0.2, 0.25) is 0 Å². The molecule has 24 heavy (non-hydrogen) atoms. The number of hydrogen-bond acceptors (Lipinski definition) is 5. The van der Waals surface area contributed by atoms with Crippen LogP contribution in [0.3, 0.4) is 0 Å². The number of β-amino-alcohol motifs (C(OH)–C–C–N with tert-alkyl or cyclic N) is 2. The van der Waals surface area contributed by atoms with E-state index in [1.807, 2.05) is 6.07 Å². The fourth-order valence-electron chi connectivity index (χ4n) is 2.82. The van der Waals surface area contributed by atoms with Crippen LogP contribution in [-0.2, 0) is 0 Å². The predicted octanol–water partition coefficient (Wildman–Crippen LogP) is 0.373. The molecule has 8 heteroatoms. The van der Waals surface area contributed by atoms with E-state index in [2.05, 4.69) is 5.10 Å². The Kier molecular flexibility index (Phi) is 4.60. The Hall–Kier alpha value is -1.93. The van der Waals surface area contributed by atoms with E-state index in [0.717, 1.165) is 5.69 Å². The summed E-state index contributed by atoms with van der Waals surface area (Å²) in [5.41, 5.74) is 1.72. The fourth-order valence-corrected chi connectivity index (χ4v) is 3.01. The molecule has 0 spiro atoms. The molecule has 1 saturated heterocycles. The fraction of sp³-hybridized carbons (Fsp3) is 0.375. The zero-order chi connectivity index (χ0) is 17.4. The smallest absolute Gasteiger partial charge is 0.257 e. The zero-order valence-corrected chi connectivity index (χ0v) is 13.8. The number of carbonyl (C=O) groups is 1. The topological polar surface area (TPSA) is 98.8 Å². The lowest BCUT2D eigenvalue weighted by atomic mass is 10.0. The molecule has 7 nitrogen and oxygen atoms in total. The van der Waals surface area contributed by atoms with Crippen LogP contribution in [0.2, 0.25) is 5.02 Å². The summed E-state index contributed by atoms with van der Waals surface area (Å²) in [5.74, 6) is -0.356. The molecule has 2 aromatic rings. The van der Waals surface area contributed by atoms with E-state index < -0.39 is 18.3 Å². The number of aliphatic hydroxyl groups is 3. The third kappa shape index (κ3) is 3.03. The molecule has 0 saturated carbocycles. The number of hydrogen-bond donors (Lipinski definition) is 3. The van der Waals surface area contributed by atoms with Crippen molar-refractivity contribution in [1.82, 2.24) is 14.7 Å². The van der Waals surface area contributed by atoms with Gasteiger partial charge in [-0.2, -0.15) is 5.10 Å². The number of aliphatic hydroxyl groups excluding tert-OH is 3. The number of piperidine rings is 1. The maximum Gasteiger partial charge on any atom is 0.257 e. The minimum absolute atomic E-state index is 0.0428. The number of halogens is 1. The van der Waals surface area contributed by atoms with Gasteiger partial charge in [-0.15, -0.1) is 0 Å². The third-order valence-corrected chi connectivity index (χ3v) is 4.42. The van der Waals surface area contributed by atoms with Crippen LogP contribution in [-0.4, -0.2) is 67.3 Å². The predicted molar refractivity (Wildman–Crippen MR) is 87.2 cm³/mol. The molecular weight excluding hydrogens is 334 g/mol. The van der Waals surface area contributed by atoms with Crippen LogP contribution in [0.1, 0.15) is 16.1 Å². The van der Waals surface area contributed by atoms with Gasteiger partial charge in [0.25, 0.3) is 5.91 Å². The monoisotopic (exact) mass is 351 g/mol. The molecule has 3 rings (SSSR count). The highest BCUT2D eigenvalue weighted by Gasteiger charge is 2.36. The third-order valence-electron chi connectivity index (χ3n) is 4.18. The molecule has 0 aliphatic carbocycles. The molecule has 1 aliphatic rings. The van der Waals surface area contributed by atoms with Crippen molar-refractivity contribution in [3.05, 3.63) is 46.7 Å². The van der Waals surface area contributed by atoms with E-state index in [9.17, 15) is 20.1 Å². The Labute approximate surface area is 143 Å². The molecule has 1 amide bonds. The van der Waals surface area contributed by atoms with E-state index in [4.69, 9.17) is 11.6 Å². The Balaban J connectivity index is 1.87. The lowest BCUT2D eigenvalue weighted by Gasteiger charge is -2.36. The second-order valence-corrected chi connectivity index (χ2v) is 6.31. The van der Waals surface area contributed by atoms with Gasteiger partial charge < -0.3 is 20.2 Å². The Morgan fingerprint density at radius 1 is 1.25 bits per heavy atom. The molecule has 1 unspecified atom stereocenters. The van der Waals surface area contributed by atoms with Crippen molar-refractivity contribution < 1.29 is 20.1 Å². The number of aromatic nitrogens is 2. The van der Waals surface area contributed by atoms with Crippen LogP contribution in [0.4, 0.5) is 0 Å². The molecule has 0 radical (unpaired) electrons. The van der Waals surface area contributed by atoms with Crippen molar-refractivity contribution in [2.75, 3.05) is 13.1 Å². The van der Waals surface area contributed by atoms with Crippen molar-refractivity contribution in [2.45, 2.75) is 25.2 Å². The number of rotatable bonds is 2. The number of nitrogens with zero attached hydrogens (tertiary/aromatic N) is 3. The van der Waals surface area contributed by atoms with Crippen molar-refractivity contribution >= 4 is 17.5 Å². The van der Waals surface area contributed by atoms with E-state index in [1.54, 1.807) is 29.8 Å². The summed E-state index contributed by atoms with van der Waals surface area (Å²) >= 11 is 5.99. The second kappa shape index (κ2) is 6.52. The number of likely N-dealkylation sites (tertiary alicyclic amines) is 1. The van der Waals surface area contributed by atoms with E-state index in [1.165, 1.54) is 11.1 Å². The molecule has 1 aliphatic heterocycles. The van der Waals surface area contributed by atoms with Gasteiger partial charge in [0.05, 0.1) is 23.1 Å². The first kappa shape index (κ1) is 16.9. The van der Waals surface area contributed by atoms with Gasteiger partial charge in [-0.05, 0) is 25.1 Å². The highest BCUT2D eigenvalue weighted by Crippen LogP contribution is 2.21. The Morgan fingerprint density at radius 3 is 2.54 bits per heavy atom. The molecule has 2 heterocycles. The van der Waals surface area contributed by atoms with E-state index >= 15 is 0 Å². The second-order valence-electron chi connectivity index (χ2n) is 5.87. The first-order valence-electron chi connectivity index (χ1n) is 7.52. The molecule has 3 N–H and O–H groups in total. The molecule has 0 bridgehead atoms. The zero-order valence-electron chi connectivity index (χ0n) is 13.0. The molecular formula is C16H18ClN3O4. The van der Waals surface area contributed by atoms with Gasteiger partial charge in [-0.3, -0.25) is 4.79 Å². The minimum Gasteiger partial charge on any atom is -0.388 e. The van der Waals surface area contributed by atoms with Gasteiger partial charge in [0.15, 0.2) is 0 Å². The number of amides is 1. The maximum absolute atomic E-state index is 12.7.